The van der Waals surface area contributed by atoms with Crippen molar-refractivity contribution in [2.45, 2.75) is 39.9 Å². The lowest BCUT2D eigenvalue weighted by Crippen LogP contribution is -2.16. The van der Waals surface area contributed by atoms with Crippen LogP contribution in [0.25, 0.3) is 0 Å². The molecule has 2 aromatic heterocycles. The topological polar surface area (TPSA) is 15.3 Å². The highest BCUT2D eigenvalue weighted by atomic mass is 35.5. The molecule has 0 unspecified atom stereocenters. The Morgan fingerprint density at radius 2 is 2.00 bits per heavy atom. The van der Waals surface area contributed by atoms with Crippen LogP contribution in [-0.4, -0.2) is 18.5 Å². The van der Waals surface area contributed by atoms with Gasteiger partial charge in [-0.25, -0.2) is 0 Å². The second kappa shape index (κ2) is 8.30. The van der Waals surface area contributed by atoms with Gasteiger partial charge in [0.1, 0.15) is 0 Å². The van der Waals surface area contributed by atoms with Crippen LogP contribution in [0.5, 0.6) is 0 Å². The maximum Gasteiger partial charge on any atom is 0.0931 e. The van der Waals surface area contributed by atoms with Crippen LogP contribution in [-0.2, 0) is 19.6 Å². The number of nitrogens with zero attached hydrogens (tertiary/aromatic N) is 1. The third-order valence-corrected chi connectivity index (χ3v) is 5.60. The van der Waals surface area contributed by atoms with Crippen molar-refractivity contribution >= 4 is 34.3 Å². The van der Waals surface area contributed by atoms with Crippen LogP contribution in [0.2, 0.25) is 4.34 Å². The van der Waals surface area contributed by atoms with Crippen molar-refractivity contribution in [3.05, 3.63) is 42.7 Å². The van der Waals surface area contributed by atoms with E-state index in [1.54, 1.807) is 11.3 Å². The van der Waals surface area contributed by atoms with Gasteiger partial charge in [0.15, 0.2) is 0 Å². The van der Waals surface area contributed by atoms with Crippen LogP contribution in [0.1, 0.15) is 33.5 Å². The Hall–Kier alpha value is -0.390. The van der Waals surface area contributed by atoms with Crippen LogP contribution in [0, 0.1) is 6.92 Å². The predicted octanol–water partition coefficient (Wildman–Crippen LogP) is 4.90. The van der Waals surface area contributed by atoms with Gasteiger partial charge in [0, 0.05) is 34.3 Å². The van der Waals surface area contributed by atoms with Crippen LogP contribution < -0.4 is 5.32 Å². The molecular formula is C16H23ClN2S2. The van der Waals surface area contributed by atoms with Crippen LogP contribution >= 0.6 is 34.3 Å². The minimum atomic E-state index is 0.870. The van der Waals surface area contributed by atoms with Gasteiger partial charge in [-0.05, 0) is 50.7 Å². The Morgan fingerprint density at radius 3 is 2.67 bits per heavy atom. The van der Waals surface area contributed by atoms with E-state index in [0.717, 1.165) is 30.5 Å². The van der Waals surface area contributed by atoms with E-state index in [9.17, 15) is 0 Å². The highest BCUT2D eigenvalue weighted by Gasteiger charge is 2.09. The van der Waals surface area contributed by atoms with Crippen molar-refractivity contribution < 1.29 is 0 Å². The molecule has 0 aliphatic carbocycles. The van der Waals surface area contributed by atoms with Gasteiger partial charge in [0.25, 0.3) is 0 Å². The summed E-state index contributed by atoms with van der Waals surface area (Å²) in [5.74, 6) is 0. The zero-order valence-electron chi connectivity index (χ0n) is 12.9. The molecule has 0 atom stereocenters. The quantitative estimate of drug-likeness (QED) is 0.686. The van der Waals surface area contributed by atoms with Crippen molar-refractivity contribution in [3.63, 3.8) is 0 Å². The average Bonchev–Trinajstić information content (AvgIpc) is 2.97. The maximum absolute atomic E-state index is 5.99. The molecule has 0 amide bonds. The van der Waals surface area contributed by atoms with Crippen molar-refractivity contribution in [2.75, 3.05) is 13.6 Å². The Labute approximate surface area is 140 Å². The number of aryl methyl sites for hydroxylation is 1. The van der Waals surface area contributed by atoms with Gasteiger partial charge in [-0.2, -0.15) is 0 Å². The van der Waals surface area contributed by atoms with Crippen molar-refractivity contribution in [3.8, 4) is 0 Å². The fraction of sp³-hybridized carbons (Fsp3) is 0.500. The third-order valence-electron chi connectivity index (χ3n) is 3.29. The smallest absolute Gasteiger partial charge is 0.0931 e. The summed E-state index contributed by atoms with van der Waals surface area (Å²) in [7, 11) is 2.17. The van der Waals surface area contributed by atoms with Gasteiger partial charge in [-0.1, -0.05) is 18.5 Å². The first kappa shape index (κ1) is 17.0. The summed E-state index contributed by atoms with van der Waals surface area (Å²) in [4.78, 5) is 6.53. The monoisotopic (exact) mass is 342 g/mol. The molecule has 0 bridgehead atoms. The summed E-state index contributed by atoms with van der Waals surface area (Å²) in [6, 6.07) is 6.44. The second-order valence-corrected chi connectivity index (χ2v) is 8.49. The zero-order chi connectivity index (χ0) is 15.2. The fourth-order valence-corrected chi connectivity index (χ4v) is 4.46. The van der Waals surface area contributed by atoms with E-state index >= 15 is 0 Å². The number of hydrogen-bond acceptors (Lipinski definition) is 4. The zero-order valence-corrected chi connectivity index (χ0v) is 15.3. The van der Waals surface area contributed by atoms with E-state index in [0.29, 0.717) is 0 Å². The second-order valence-electron chi connectivity index (χ2n) is 5.35. The van der Waals surface area contributed by atoms with E-state index in [-0.39, 0.29) is 0 Å². The van der Waals surface area contributed by atoms with Gasteiger partial charge in [-0.3, -0.25) is 4.90 Å². The van der Waals surface area contributed by atoms with Gasteiger partial charge in [0.2, 0.25) is 0 Å². The van der Waals surface area contributed by atoms with Gasteiger partial charge >= 0.3 is 0 Å². The maximum atomic E-state index is 5.99. The van der Waals surface area contributed by atoms with Crippen molar-refractivity contribution in [1.82, 2.24) is 10.2 Å². The lowest BCUT2D eigenvalue weighted by molar-refractivity contribution is 0.322. The number of rotatable bonds is 8. The Kier molecular flexibility index (Phi) is 6.71. The molecule has 2 rings (SSSR count). The largest absolute Gasteiger partial charge is 0.312 e. The SMILES string of the molecule is CCCNCc1cc(CN(C)Cc2ccc(Cl)s2)c(C)s1. The lowest BCUT2D eigenvalue weighted by Gasteiger charge is -2.15. The Bertz CT molecular complexity index is 562. The summed E-state index contributed by atoms with van der Waals surface area (Å²) >= 11 is 9.56. The minimum absolute atomic E-state index is 0.870. The van der Waals surface area contributed by atoms with Gasteiger partial charge in [-0.15, -0.1) is 22.7 Å². The van der Waals surface area contributed by atoms with Crippen LogP contribution in [0.15, 0.2) is 18.2 Å². The minimum Gasteiger partial charge on any atom is -0.312 e. The standard InChI is InChI=1S/C16H23ClN2S2/c1-4-7-18-9-15-8-13(12(2)20-15)10-19(3)11-14-5-6-16(17)21-14/h5-6,8,18H,4,7,9-11H2,1-3H3. The summed E-state index contributed by atoms with van der Waals surface area (Å²) in [5, 5.41) is 3.47. The molecule has 2 aromatic rings. The molecule has 5 heteroatoms. The predicted molar refractivity (Wildman–Crippen MR) is 95.6 cm³/mol. The molecule has 116 valence electrons. The molecule has 21 heavy (non-hydrogen) atoms. The molecule has 1 N–H and O–H groups in total. The highest BCUT2D eigenvalue weighted by Crippen LogP contribution is 2.25. The first-order chi connectivity index (χ1) is 10.1. The first-order valence-electron chi connectivity index (χ1n) is 7.30. The van der Waals surface area contributed by atoms with E-state index in [1.165, 1.54) is 26.6 Å². The molecule has 2 nitrogen and oxygen atoms in total. The summed E-state index contributed by atoms with van der Waals surface area (Å²) in [5.41, 5.74) is 1.44. The van der Waals surface area contributed by atoms with Gasteiger partial charge < -0.3 is 5.32 Å². The first-order valence-corrected chi connectivity index (χ1v) is 9.31. The molecule has 2 heterocycles. The molecular weight excluding hydrogens is 320 g/mol. The van der Waals surface area contributed by atoms with E-state index in [2.05, 4.69) is 43.2 Å². The van der Waals surface area contributed by atoms with E-state index in [1.807, 2.05) is 17.4 Å². The Balaban J connectivity index is 1.89. The molecule has 0 aliphatic rings. The van der Waals surface area contributed by atoms with E-state index < -0.39 is 0 Å². The molecule has 0 fully saturated rings. The van der Waals surface area contributed by atoms with E-state index in [4.69, 9.17) is 11.6 Å². The normalized spacial score (nSPS) is 11.5. The Morgan fingerprint density at radius 1 is 1.19 bits per heavy atom. The summed E-state index contributed by atoms with van der Waals surface area (Å²) < 4.78 is 0.870. The van der Waals surface area contributed by atoms with Gasteiger partial charge in [0.05, 0.1) is 4.34 Å². The molecule has 0 radical (unpaired) electrons. The average molecular weight is 343 g/mol. The molecule has 0 aromatic carbocycles. The fourth-order valence-electron chi connectivity index (χ4n) is 2.27. The van der Waals surface area contributed by atoms with Crippen molar-refractivity contribution in [1.29, 1.82) is 0 Å². The lowest BCUT2D eigenvalue weighted by atomic mass is 10.2. The van der Waals surface area contributed by atoms with Crippen LogP contribution in [0.3, 0.4) is 0 Å². The molecule has 0 saturated heterocycles. The highest BCUT2D eigenvalue weighted by molar-refractivity contribution is 7.16. The third kappa shape index (κ3) is 5.38. The number of hydrogen-bond donors (Lipinski definition) is 1. The summed E-state index contributed by atoms with van der Waals surface area (Å²) in [6.45, 7) is 8.44. The van der Waals surface area contributed by atoms with Crippen LogP contribution in [0.4, 0.5) is 0 Å². The summed E-state index contributed by atoms with van der Waals surface area (Å²) in [6.07, 6.45) is 1.18. The molecule has 0 aliphatic heterocycles. The number of thiophene rings is 2. The van der Waals surface area contributed by atoms with Crippen molar-refractivity contribution in [2.24, 2.45) is 0 Å². The molecule has 0 saturated carbocycles. The molecule has 0 spiro atoms. The number of nitrogens with one attached hydrogen (secondary N) is 1. The number of halogens is 1.